The zero-order chi connectivity index (χ0) is 13.0. The number of hydrogen-bond acceptors (Lipinski definition) is 1. The molecule has 0 spiro atoms. The van der Waals surface area contributed by atoms with Gasteiger partial charge < -0.3 is 5.11 Å². The molecular weight excluding hydrogens is 220 g/mol. The number of benzene rings is 2. The number of aliphatic hydroxyl groups is 1. The van der Waals surface area contributed by atoms with Gasteiger partial charge in [-0.25, -0.2) is 0 Å². The highest BCUT2D eigenvalue weighted by atomic mass is 16.3. The van der Waals surface area contributed by atoms with E-state index in [0.29, 0.717) is 6.42 Å². The second-order valence-electron chi connectivity index (χ2n) is 4.76. The van der Waals surface area contributed by atoms with E-state index in [4.69, 9.17) is 0 Å². The summed E-state index contributed by atoms with van der Waals surface area (Å²) in [6.45, 7) is 4.20. The Morgan fingerprint density at radius 2 is 1.83 bits per heavy atom. The Labute approximate surface area is 109 Å². The van der Waals surface area contributed by atoms with E-state index in [1.54, 1.807) is 0 Å². The Morgan fingerprint density at radius 3 is 2.56 bits per heavy atom. The Bertz CT molecular complexity index is 517. The average Bonchev–Trinajstić information content (AvgIpc) is 2.38. The first-order valence-corrected chi connectivity index (χ1v) is 6.52. The maximum atomic E-state index is 10.4. The van der Waals surface area contributed by atoms with Crippen LogP contribution in [0.2, 0.25) is 0 Å². The molecule has 0 bridgehead atoms. The van der Waals surface area contributed by atoms with Gasteiger partial charge in [0.2, 0.25) is 0 Å². The molecule has 0 amide bonds. The smallest absolute Gasteiger partial charge is 0.0833 e. The lowest BCUT2D eigenvalue weighted by atomic mass is 9.95. The summed E-state index contributed by atoms with van der Waals surface area (Å²) in [5.41, 5.74) is 4.72. The summed E-state index contributed by atoms with van der Waals surface area (Å²) < 4.78 is 0. The normalized spacial score (nSPS) is 12.4. The van der Waals surface area contributed by atoms with Gasteiger partial charge in [-0.2, -0.15) is 0 Å². The predicted octanol–water partition coefficient (Wildman–Crippen LogP) is 3.83. The molecule has 0 aliphatic carbocycles. The van der Waals surface area contributed by atoms with E-state index in [1.165, 1.54) is 16.7 Å². The summed E-state index contributed by atoms with van der Waals surface area (Å²) in [5.74, 6) is 0. The summed E-state index contributed by atoms with van der Waals surface area (Å²) in [6.07, 6.45) is 1.22. The Balaban J connectivity index is 2.19. The molecule has 18 heavy (non-hydrogen) atoms. The van der Waals surface area contributed by atoms with Crippen molar-refractivity contribution in [3.05, 3.63) is 70.8 Å². The minimum absolute atomic E-state index is 0.414. The van der Waals surface area contributed by atoms with Crippen molar-refractivity contribution < 1.29 is 5.11 Å². The minimum atomic E-state index is -0.414. The van der Waals surface area contributed by atoms with Gasteiger partial charge in [0, 0.05) is 6.42 Å². The van der Waals surface area contributed by atoms with Crippen molar-refractivity contribution in [1.29, 1.82) is 0 Å². The van der Waals surface area contributed by atoms with E-state index in [9.17, 15) is 5.11 Å². The van der Waals surface area contributed by atoms with Crippen molar-refractivity contribution in [3.8, 4) is 0 Å². The van der Waals surface area contributed by atoms with Gasteiger partial charge in [-0.05, 0) is 30.0 Å². The Kier molecular flexibility index (Phi) is 4.16. The highest BCUT2D eigenvalue weighted by Crippen LogP contribution is 2.22. The number of rotatable bonds is 4. The van der Waals surface area contributed by atoms with Gasteiger partial charge in [0.05, 0.1) is 6.10 Å². The molecule has 1 nitrogen and oxygen atoms in total. The van der Waals surface area contributed by atoms with Crippen molar-refractivity contribution in [1.82, 2.24) is 0 Å². The Morgan fingerprint density at radius 1 is 1.06 bits per heavy atom. The van der Waals surface area contributed by atoms with Crippen molar-refractivity contribution in [2.45, 2.75) is 32.8 Å². The molecule has 1 N–H and O–H groups in total. The third-order valence-corrected chi connectivity index (χ3v) is 3.31. The molecule has 0 aliphatic heterocycles. The fourth-order valence-corrected chi connectivity index (χ4v) is 2.35. The molecule has 1 heteroatoms. The topological polar surface area (TPSA) is 20.2 Å². The molecule has 94 valence electrons. The second kappa shape index (κ2) is 5.83. The number of aryl methyl sites for hydroxylation is 2. The summed E-state index contributed by atoms with van der Waals surface area (Å²) >= 11 is 0. The quantitative estimate of drug-likeness (QED) is 0.861. The maximum absolute atomic E-state index is 10.4. The zero-order valence-corrected chi connectivity index (χ0v) is 11.1. The predicted molar refractivity (Wildman–Crippen MR) is 75.7 cm³/mol. The van der Waals surface area contributed by atoms with Gasteiger partial charge in [-0.15, -0.1) is 0 Å². The number of hydrogen-bond donors (Lipinski definition) is 1. The molecule has 2 aromatic carbocycles. The number of aliphatic hydroxyl groups excluding tert-OH is 1. The van der Waals surface area contributed by atoms with Crippen LogP contribution in [0.4, 0.5) is 0 Å². The highest BCUT2D eigenvalue weighted by molar-refractivity contribution is 5.31. The van der Waals surface area contributed by atoms with Crippen LogP contribution in [-0.2, 0) is 12.8 Å². The Hall–Kier alpha value is -1.60. The van der Waals surface area contributed by atoms with Crippen LogP contribution in [0.1, 0.15) is 35.3 Å². The first-order valence-electron chi connectivity index (χ1n) is 6.52. The monoisotopic (exact) mass is 240 g/mol. The van der Waals surface area contributed by atoms with Gasteiger partial charge in [0.15, 0.2) is 0 Å². The lowest BCUT2D eigenvalue weighted by molar-refractivity contribution is 0.177. The first-order chi connectivity index (χ1) is 8.70. The van der Waals surface area contributed by atoms with Crippen LogP contribution in [0.25, 0.3) is 0 Å². The van der Waals surface area contributed by atoms with E-state index in [0.717, 1.165) is 12.0 Å². The lowest BCUT2D eigenvalue weighted by Gasteiger charge is -2.15. The molecule has 2 rings (SSSR count). The maximum Gasteiger partial charge on any atom is 0.0833 e. The average molecular weight is 240 g/mol. The molecule has 0 saturated heterocycles. The molecule has 0 saturated carbocycles. The van der Waals surface area contributed by atoms with Gasteiger partial charge in [-0.1, -0.05) is 61.0 Å². The van der Waals surface area contributed by atoms with Crippen LogP contribution in [0.5, 0.6) is 0 Å². The van der Waals surface area contributed by atoms with Gasteiger partial charge in [0.25, 0.3) is 0 Å². The molecular formula is C17H20O. The zero-order valence-electron chi connectivity index (χ0n) is 11.1. The SMILES string of the molecule is CCc1ccccc1C(O)Cc1cccc(C)c1. The molecule has 0 aromatic heterocycles. The molecule has 0 radical (unpaired) electrons. The van der Waals surface area contributed by atoms with E-state index in [-0.39, 0.29) is 0 Å². The van der Waals surface area contributed by atoms with Crippen molar-refractivity contribution in [2.75, 3.05) is 0 Å². The molecule has 0 aliphatic rings. The molecule has 0 heterocycles. The van der Waals surface area contributed by atoms with E-state index >= 15 is 0 Å². The third kappa shape index (κ3) is 2.99. The molecule has 1 unspecified atom stereocenters. The minimum Gasteiger partial charge on any atom is -0.388 e. The van der Waals surface area contributed by atoms with E-state index in [2.05, 4.69) is 38.1 Å². The van der Waals surface area contributed by atoms with Gasteiger partial charge in [-0.3, -0.25) is 0 Å². The fraction of sp³-hybridized carbons (Fsp3) is 0.294. The van der Waals surface area contributed by atoms with Crippen LogP contribution in [0, 0.1) is 6.92 Å². The molecule has 0 fully saturated rings. The fourth-order valence-electron chi connectivity index (χ4n) is 2.35. The standard InChI is InChI=1S/C17H20O/c1-3-15-9-4-5-10-16(15)17(18)12-14-8-6-7-13(2)11-14/h4-11,17-18H,3,12H2,1-2H3. The highest BCUT2D eigenvalue weighted by Gasteiger charge is 2.11. The summed E-state index contributed by atoms with van der Waals surface area (Å²) in [7, 11) is 0. The van der Waals surface area contributed by atoms with Crippen molar-refractivity contribution in [3.63, 3.8) is 0 Å². The van der Waals surface area contributed by atoms with Gasteiger partial charge >= 0.3 is 0 Å². The van der Waals surface area contributed by atoms with Crippen LogP contribution in [0.15, 0.2) is 48.5 Å². The van der Waals surface area contributed by atoms with Crippen LogP contribution >= 0.6 is 0 Å². The van der Waals surface area contributed by atoms with Crippen LogP contribution in [0.3, 0.4) is 0 Å². The third-order valence-electron chi connectivity index (χ3n) is 3.31. The summed E-state index contributed by atoms with van der Waals surface area (Å²) in [4.78, 5) is 0. The first kappa shape index (κ1) is 12.8. The summed E-state index contributed by atoms with van der Waals surface area (Å²) in [6, 6.07) is 16.5. The van der Waals surface area contributed by atoms with E-state index < -0.39 is 6.10 Å². The van der Waals surface area contributed by atoms with Crippen molar-refractivity contribution >= 4 is 0 Å². The molecule has 1 atom stereocenters. The summed E-state index contributed by atoms with van der Waals surface area (Å²) in [5, 5.41) is 10.4. The van der Waals surface area contributed by atoms with Crippen molar-refractivity contribution in [2.24, 2.45) is 0 Å². The largest absolute Gasteiger partial charge is 0.388 e. The van der Waals surface area contributed by atoms with E-state index in [1.807, 2.05) is 24.3 Å². The van der Waals surface area contributed by atoms with Crippen LogP contribution in [-0.4, -0.2) is 5.11 Å². The lowest BCUT2D eigenvalue weighted by Crippen LogP contribution is -2.05. The molecule has 2 aromatic rings. The van der Waals surface area contributed by atoms with Gasteiger partial charge in [0.1, 0.15) is 0 Å². The second-order valence-corrected chi connectivity index (χ2v) is 4.76. The van der Waals surface area contributed by atoms with Crippen LogP contribution < -0.4 is 0 Å².